The quantitative estimate of drug-likeness (QED) is 0.874. The molecule has 22 heavy (non-hydrogen) atoms. The second-order valence-corrected chi connectivity index (χ2v) is 5.14. The molecule has 0 atom stereocenters. The Morgan fingerprint density at radius 1 is 1.23 bits per heavy atom. The van der Waals surface area contributed by atoms with Crippen LogP contribution in [0.4, 0.5) is 11.5 Å². The van der Waals surface area contributed by atoms with E-state index in [2.05, 4.69) is 20.9 Å². The average Bonchev–Trinajstić information content (AvgIpc) is 2.90. The lowest BCUT2D eigenvalue weighted by atomic mass is 10.3. The minimum atomic E-state index is -0.345. The zero-order valence-electron chi connectivity index (χ0n) is 11.6. The van der Waals surface area contributed by atoms with Crippen LogP contribution in [0.3, 0.4) is 0 Å². The third-order valence-corrected chi connectivity index (χ3v) is 3.48. The van der Waals surface area contributed by atoms with E-state index in [1.54, 1.807) is 25.1 Å². The van der Waals surface area contributed by atoms with E-state index < -0.39 is 0 Å². The van der Waals surface area contributed by atoms with Crippen LogP contribution in [0.15, 0.2) is 24.4 Å². The Kier molecular flexibility index (Phi) is 5.35. The summed E-state index contributed by atoms with van der Waals surface area (Å²) >= 11 is 11.9. The van der Waals surface area contributed by atoms with Gasteiger partial charge in [0.1, 0.15) is 6.54 Å². The zero-order chi connectivity index (χ0) is 16.1. The molecule has 0 radical (unpaired) electrons. The van der Waals surface area contributed by atoms with Crippen molar-refractivity contribution in [2.24, 2.45) is 0 Å². The molecular formula is C13H13Cl2N5O2. The van der Waals surface area contributed by atoms with Gasteiger partial charge in [0.15, 0.2) is 5.82 Å². The maximum atomic E-state index is 11.9. The fourth-order valence-electron chi connectivity index (χ4n) is 1.60. The van der Waals surface area contributed by atoms with Gasteiger partial charge in [0.2, 0.25) is 11.8 Å². The van der Waals surface area contributed by atoms with Gasteiger partial charge in [-0.2, -0.15) is 0 Å². The first-order valence-electron chi connectivity index (χ1n) is 6.43. The van der Waals surface area contributed by atoms with Crippen LogP contribution in [0.5, 0.6) is 0 Å². The van der Waals surface area contributed by atoms with Gasteiger partial charge >= 0.3 is 0 Å². The predicted molar refractivity (Wildman–Crippen MR) is 84.0 cm³/mol. The summed E-state index contributed by atoms with van der Waals surface area (Å²) in [5, 5.41) is 13.3. The van der Waals surface area contributed by atoms with Crippen molar-refractivity contribution < 1.29 is 9.59 Å². The Morgan fingerprint density at radius 3 is 2.73 bits per heavy atom. The van der Waals surface area contributed by atoms with E-state index in [0.29, 0.717) is 22.9 Å². The molecule has 0 aliphatic carbocycles. The topological polar surface area (TPSA) is 88.9 Å². The monoisotopic (exact) mass is 341 g/mol. The number of nitrogens with zero attached hydrogens (tertiary/aromatic N) is 3. The van der Waals surface area contributed by atoms with Crippen LogP contribution < -0.4 is 10.6 Å². The molecule has 0 saturated heterocycles. The van der Waals surface area contributed by atoms with Crippen LogP contribution in [0.25, 0.3) is 0 Å². The Balaban J connectivity index is 1.97. The summed E-state index contributed by atoms with van der Waals surface area (Å²) in [5.74, 6) is -0.231. The summed E-state index contributed by atoms with van der Waals surface area (Å²) in [5.41, 5.74) is 0.416. The lowest BCUT2D eigenvalue weighted by molar-refractivity contribution is -0.117. The predicted octanol–water partition coefficient (Wildman–Crippen LogP) is 2.57. The molecule has 9 heteroatoms. The molecule has 0 aliphatic heterocycles. The summed E-state index contributed by atoms with van der Waals surface area (Å²) < 4.78 is 1.30. The van der Waals surface area contributed by atoms with E-state index in [-0.39, 0.29) is 23.4 Å². The van der Waals surface area contributed by atoms with Gasteiger partial charge < -0.3 is 10.6 Å². The first-order valence-corrected chi connectivity index (χ1v) is 7.19. The summed E-state index contributed by atoms with van der Waals surface area (Å²) in [7, 11) is 0. The standard InChI is InChI=1S/C13H13Cl2N5O2/c1-2-11(21)17-10-6-20(19-18-10)7-12(22)16-9-5-3-4-8(14)13(9)15/h3-6H,2,7H2,1H3,(H,16,22)(H,17,21). The van der Waals surface area contributed by atoms with E-state index >= 15 is 0 Å². The Hall–Kier alpha value is -2.12. The fraction of sp³-hybridized carbons (Fsp3) is 0.231. The van der Waals surface area contributed by atoms with Crippen LogP contribution in [0, 0.1) is 0 Å². The van der Waals surface area contributed by atoms with Crippen LogP contribution in [-0.2, 0) is 16.1 Å². The van der Waals surface area contributed by atoms with Gasteiger partial charge in [-0.3, -0.25) is 9.59 Å². The van der Waals surface area contributed by atoms with Gasteiger partial charge in [-0.1, -0.05) is 41.4 Å². The summed E-state index contributed by atoms with van der Waals surface area (Å²) in [6.45, 7) is 1.65. The molecule has 7 nitrogen and oxygen atoms in total. The highest BCUT2D eigenvalue weighted by atomic mass is 35.5. The minimum Gasteiger partial charge on any atom is -0.323 e. The van der Waals surface area contributed by atoms with E-state index in [1.165, 1.54) is 10.9 Å². The molecule has 2 rings (SSSR count). The molecule has 2 aromatic rings. The lowest BCUT2D eigenvalue weighted by Crippen LogP contribution is -2.19. The smallest absolute Gasteiger partial charge is 0.246 e. The number of benzene rings is 1. The van der Waals surface area contributed by atoms with Crippen molar-refractivity contribution in [3.05, 3.63) is 34.4 Å². The molecule has 1 heterocycles. The molecule has 0 bridgehead atoms. The normalized spacial score (nSPS) is 10.3. The molecule has 1 aromatic carbocycles. The van der Waals surface area contributed by atoms with Crippen molar-refractivity contribution in [2.75, 3.05) is 10.6 Å². The van der Waals surface area contributed by atoms with Crippen molar-refractivity contribution in [2.45, 2.75) is 19.9 Å². The fourth-order valence-corrected chi connectivity index (χ4v) is 1.95. The maximum Gasteiger partial charge on any atom is 0.246 e. The zero-order valence-corrected chi connectivity index (χ0v) is 13.1. The molecule has 2 N–H and O–H groups in total. The third kappa shape index (κ3) is 4.19. The van der Waals surface area contributed by atoms with Crippen molar-refractivity contribution in [3.8, 4) is 0 Å². The maximum absolute atomic E-state index is 11.9. The number of hydrogen-bond donors (Lipinski definition) is 2. The highest BCUT2D eigenvalue weighted by Gasteiger charge is 2.10. The molecule has 0 aliphatic rings. The molecule has 0 saturated carbocycles. The van der Waals surface area contributed by atoms with Gasteiger partial charge in [-0.05, 0) is 12.1 Å². The largest absolute Gasteiger partial charge is 0.323 e. The molecule has 116 valence electrons. The van der Waals surface area contributed by atoms with Gasteiger partial charge in [0.25, 0.3) is 0 Å². The number of anilines is 2. The molecule has 1 aromatic heterocycles. The number of hydrogen-bond acceptors (Lipinski definition) is 4. The number of nitrogens with one attached hydrogen (secondary N) is 2. The van der Waals surface area contributed by atoms with Crippen LogP contribution in [0.2, 0.25) is 10.0 Å². The highest BCUT2D eigenvalue weighted by Crippen LogP contribution is 2.29. The molecule has 0 unspecified atom stereocenters. The van der Waals surface area contributed by atoms with Gasteiger partial charge in [0.05, 0.1) is 21.9 Å². The number of aromatic nitrogens is 3. The Labute approximate surface area is 136 Å². The summed E-state index contributed by atoms with van der Waals surface area (Å²) in [6.07, 6.45) is 1.80. The van der Waals surface area contributed by atoms with Gasteiger partial charge in [-0.25, -0.2) is 4.68 Å². The average molecular weight is 342 g/mol. The number of halogens is 2. The van der Waals surface area contributed by atoms with Gasteiger partial charge in [-0.15, -0.1) is 5.10 Å². The van der Waals surface area contributed by atoms with E-state index in [4.69, 9.17) is 23.2 Å². The second-order valence-electron chi connectivity index (χ2n) is 4.35. The molecular weight excluding hydrogens is 329 g/mol. The number of amides is 2. The van der Waals surface area contributed by atoms with E-state index in [9.17, 15) is 9.59 Å². The first-order chi connectivity index (χ1) is 10.5. The third-order valence-electron chi connectivity index (χ3n) is 2.66. The van der Waals surface area contributed by atoms with Crippen molar-refractivity contribution in [3.63, 3.8) is 0 Å². The lowest BCUT2D eigenvalue weighted by Gasteiger charge is -2.07. The number of rotatable bonds is 5. The Morgan fingerprint density at radius 2 is 2.00 bits per heavy atom. The SMILES string of the molecule is CCC(=O)Nc1cn(CC(=O)Nc2cccc(Cl)c2Cl)nn1. The summed E-state index contributed by atoms with van der Waals surface area (Å²) in [4.78, 5) is 23.2. The summed E-state index contributed by atoms with van der Waals surface area (Å²) in [6, 6.07) is 4.94. The molecule has 0 fully saturated rings. The minimum absolute atomic E-state index is 0.0716. The number of carbonyl (C=O) groups is 2. The second kappa shape index (κ2) is 7.24. The first kappa shape index (κ1) is 16.3. The van der Waals surface area contributed by atoms with Crippen LogP contribution in [-0.4, -0.2) is 26.8 Å². The number of carbonyl (C=O) groups excluding carboxylic acids is 2. The van der Waals surface area contributed by atoms with E-state index in [1.807, 2.05) is 0 Å². The van der Waals surface area contributed by atoms with Crippen molar-refractivity contribution in [1.82, 2.24) is 15.0 Å². The molecule has 2 amide bonds. The Bertz CT molecular complexity index is 701. The highest BCUT2D eigenvalue weighted by molar-refractivity contribution is 6.43. The van der Waals surface area contributed by atoms with Crippen LogP contribution >= 0.6 is 23.2 Å². The van der Waals surface area contributed by atoms with Crippen molar-refractivity contribution >= 4 is 46.5 Å². The van der Waals surface area contributed by atoms with Gasteiger partial charge in [0, 0.05) is 6.42 Å². The van der Waals surface area contributed by atoms with Crippen molar-refractivity contribution in [1.29, 1.82) is 0 Å². The van der Waals surface area contributed by atoms with Crippen LogP contribution in [0.1, 0.15) is 13.3 Å². The molecule has 0 spiro atoms. The van der Waals surface area contributed by atoms with E-state index in [0.717, 1.165) is 0 Å².